The minimum absolute atomic E-state index is 0.152. The summed E-state index contributed by atoms with van der Waals surface area (Å²) in [6.07, 6.45) is 9.60. The molecule has 1 amide bonds. The first-order chi connectivity index (χ1) is 13.0. The molecular formula is C21H26N2O3S. The second kappa shape index (κ2) is 8.71. The van der Waals surface area contributed by atoms with E-state index < -0.39 is 11.8 Å². The third-order valence-electron chi connectivity index (χ3n) is 5.48. The van der Waals surface area contributed by atoms with Gasteiger partial charge in [0.2, 0.25) is 5.91 Å². The van der Waals surface area contributed by atoms with E-state index in [1.165, 1.54) is 16.2 Å². The van der Waals surface area contributed by atoms with Crippen molar-refractivity contribution in [2.45, 2.75) is 64.9 Å². The van der Waals surface area contributed by atoms with E-state index in [9.17, 15) is 14.9 Å². The van der Waals surface area contributed by atoms with E-state index in [1.54, 1.807) is 0 Å². The molecule has 144 valence electrons. The van der Waals surface area contributed by atoms with Crippen LogP contribution in [0.25, 0.3) is 0 Å². The van der Waals surface area contributed by atoms with Gasteiger partial charge in [0.1, 0.15) is 11.1 Å². The van der Waals surface area contributed by atoms with Crippen molar-refractivity contribution in [1.82, 2.24) is 0 Å². The quantitative estimate of drug-likeness (QED) is 0.602. The summed E-state index contributed by atoms with van der Waals surface area (Å²) in [6.45, 7) is 3.83. The van der Waals surface area contributed by atoms with Crippen LogP contribution in [0.1, 0.15) is 62.0 Å². The van der Waals surface area contributed by atoms with Crippen LogP contribution < -0.4 is 5.32 Å². The molecule has 0 aromatic carbocycles. The highest BCUT2D eigenvalue weighted by molar-refractivity contribution is 7.16. The summed E-state index contributed by atoms with van der Waals surface area (Å²) in [5.74, 6) is -1.43. The van der Waals surface area contributed by atoms with Crippen LogP contribution in [0.3, 0.4) is 0 Å². The van der Waals surface area contributed by atoms with Crippen molar-refractivity contribution in [2.24, 2.45) is 11.8 Å². The molecule has 2 aliphatic carbocycles. The number of hydrogen-bond acceptors (Lipinski definition) is 5. The summed E-state index contributed by atoms with van der Waals surface area (Å²) in [5.41, 5.74) is 1.70. The Morgan fingerprint density at radius 2 is 2.00 bits per heavy atom. The number of allylic oxidation sites excluding steroid dienone is 2. The molecule has 0 saturated carbocycles. The molecule has 0 spiro atoms. The first-order valence-electron chi connectivity index (χ1n) is 9.76. The number of carbonyl (C=O) groups is 2. The summed E-state index contributed by atoms with van der Waals surface area (Å²) < 4.78 is 5.48. The molecule has 0 fully saturated rings. The number of nitrogens with one attached hydrogen (secondary N) is 1. The maximum atomic E-state index is 13.0. The smallest absolute Gasteiger partial charge is 0.310 e. The number of ether oxygens (including phenoxy) is 1. The van der Waals surface area contributed by atoms with Crippen molar-refractivity contribution in [1.29, 1.82) is 5.26 Å². The fourth-order valence-electron chi connectivity index (χ4n) is 3.71. The Kier molecular flexibility index (Phi) is 6.33. The Morgan fingerprint density at radius 1 is 1.30 bits per heavy atom. The average Bonchev–Trinajstić information content (AvgIpc) is 3.04. The molecule has 0 unspecified atom stereocenters. The van der Waals surface area contributed by atoms with Gasteiger partial charge in [0, 0.05) is 4.88 Å². The predicted molar refractivity (Wildman–Crippen MR) is 106 cm³/mol. The zero-order valence-electron chi connectivity index (χ0n) is 15.9. The first-order valence-corrected chi connectivity index (χ1v) is 10.6. The van der Waals surface area contributed by atoms with Gasteiger partial charge in [-0.3, -0.25) is 9.59 Å². The maximum absolute atomic E-state index is 13.0. The third-order valence-corrected chi connectivity index (χ3v) is 6.69. The number of nitriles is 1. The second-order valence-corrected chi connectivity index (χ2v) is 8.43. The Balaban J connectivity index is 1.76. The summed E-state index contributed by atoms with van der Waals surface area (Å²) in [7, 11) is 0. The normalized spacial score (nSPS) is 22.4. The number of anilines is 1. The maximum Gasteiger partial charge on any atom is 0.310 e. The van der Waals surface area contributed by atoms with Gasteiger partial charge < -0.3 is 10.1 Å². The number of thiophene rings is 1. The van der Waals surface area contributed by atoms with E-state index >= 15 is 0 Å². The Labute approximate surface area is 164 Å². The van der Waals surface area contributed by atoms with Gasteiger partial charge in [-0.05, 0) is 57.4 Å². The molecule has 6 heteroatoms. The van der Waals surface area contributed by atoms with Gasteiger partial charge in [0.05, 0.1) is 23.5 Å². The second-order valence-electron chi connectivity index (χ2n) is 7.33. The molecule has 1 aromatic rings. The SMILES string of the molecule is CC[C@H](C)OC(=O)[C@@H]1CC=CC[C@H]1C(=O)Nc1sc2c(c1C#N)CCCC2. The Hall–Kier alpha value is -2.13. The van der Waals surface area contributed by atoms with E-state index in [2.05, 4.69) is 11.4 Å². The Morgan fingerprint density at radius 3 is 2.70 bits per heavy atom. The van der Waals surface area contributed by atoms with Crippen LogP contribution in [0.15, 0.2) is 12.2 Å². The van der Waals surface area contributed by atoms with Crippen LogP contribution in [-0.2, 0) is 27.2 Å². The van der Waals surface area contributed by atoms with E-state index in [0.29, 0.717) is 23.4 Å². The molecule has 5 nitrogen and oxygen atoms in total. The first kappa shape index (κ1) is 19.6. The lowest BCUT2D eigenvalue weighted by Gasteiger charge is -2.27. The van der Waals surface area contributed by atoms with Crippen molar-refractivity contribution in [3.63, 3.8) is 0 Å². The van der Waals surface area contributed by atoms with Crippen LogP contribution in [0.2, 0.25) is 0 Å². The zero-order chi connectivity index (χ0) is 19.4. The number of amides is 1. The largest absolute Gasteiger partial charge is 0.462 e. The lowest BCUT2D eigenvalue weighted by molar-refractivity contribution is -0.157. The summed E-state index contributed by atoms with van der Waals surface area (Å²) in [5, 5.41) is 13.2. The molecule has 3 atom stereocenters. The van der Waals surface area contributed by atoms with Gasteiger partial charge in [-0.2, -0.15) is 5.26 Å². The van der Waals surface area contributed by atoms with Crippen molar-refractivity contribution < 1.29 is 14.3 Å². The van der Waals surface area contributed by atoms with E-state index in [0.717, 1.165) is 37.7 Å². The molecular weight excluding hydrogens is 360 g/mol. The summed E-state index contributed by atoms with van der Waals surface area (Å²) in [6, 6.07) is 2.27. The number of rotatable bonds is 5. The van der Waals surface area contributed by atoms with Crippen LogP contribution >= 0.6 is 11.3 Å². The van der Waals surface area contributed by atoms with Crippen molar-refractivity contribution in [3.8, 4) is 6.07 Å². The van der Waals surface area contributed by atoms with Crippen molar-refractivity contribution in [2.75, 3.05) is 5.32 Å². The van der Waals surface area contributed by atoms with Gasteiger partial charge in [0.25, 0.3) is 0 Å². The van der Waals surface area contributed by atoms with Gasteiger partial charge in [-0.15, -0.1) is 11.3 Å². The Bertz CT molecular complexity index is 790. The van der Waals surface area contributed by atoms with Crippen LogP contribution in [0, 0.1) is 23.2 Å². The van der Waals surface area contributed by atoms with Gasteiger partial charge in [-0.25, -0.2) is 0 Å². The summed E-state index contributed by atoms with van der Waals surface area (Å²) in [4.78, 5) is 26.7. The molecule has 1 N–H and O–H groups in total. The molecule has 27 heavy (non-hydrogen) atoms. The predicted octanol–water partition coefficient (Wildman–Crippen LogP) is 4.36. The highest BCUT2D eigenvalue weighted by Gasteiger charge is 2.36. The molecule has 0 bridgehead atoms. The van der Waals surface area contributed by atoms with Crippen LogP contribution in [0.4, 0.5) is 5.00 Å². The van der Waals surface area contributed by atoms with E-state index in [1.807, 2.05) is 26.0 Å². The number of esters is 1. The van der Waals surface area contributed by atoms with Gasteiger partial charge in [-0.1, -0.05) is 19.1 Å². The third kappa shape index (κ3) is 4.24. The highest BCUT2D eigenvalue weighted by Crippen LogP contribution is 2.38. The monoisotopic (exact) mass is 386 g/mol. The minimum atomic E-state index is -0.468. The number of hydrogen-bond donors (Lipinski definition) is 1. The minimum Gasteiger partial charge on any atom is -0.462 e. The van der Waals surface area contributed by atoms with Crippen LogP contribution in [-0.4, -0.2) is 18.0 Å². The highest BCUT2D eigenvalue weighted by atomic mass is 32.1. The molecule has 3 rings (SSSR count). The van der Waals surface area contributed by atoms with Crippen LogP contribution in [0.5, 0.6) is 0 Å². The number of aryl methyl sites for hydroxylation is 1. The molecule has 0 radical (unpaired) electrons. The van der Waals surface area contributed by atoms with Gasteiger partial charge >= 0.3 is 5.97 Å². The van der Waals surface area contributed by atoms with E-state index in [-0.39, 0.29) is 18.0 Å². The molecule has 0 saturated heterocycles. The number of fused-ring (bicyclic) bond motifs is 1. The number of carbonyl (C=O) groups excluding carboxylic acids is 2. The van der Waals surface area contributed by atoms with Gasteiger partial charge in [0.15, 0.2) is 0 Å². The standard InChI is InChI=1S/C21H26N2O3S/c1-3-13(2)26-21(25)16-10-5-4-9-15(16)19(24)23-20-17(12-22)14-8-6-7-11-18(14)27-20/h4-5,13,15-16H,3,6-11H2,1-2H3,(H,23,24)/t13-,15+,16+/m0/s1. The average molecular weight is 387 g/mol. The van der Waals surface area contributed by atoms with Crippen molar-refractivity contribution >= 4 is 28.2 Å². The van der Waals surface area contributed by atoms with E-state index in [4.69, 9.17) is 4.74 Å². The summed E-state index contributed by atoms with van der Waals surface area (Å²) >= 11 is 1.51. The zero-order valence-corrected chi connectivity index (χ0v) is 16.7. The molecule has 1 heterocycles. The lowest BCUT2D eigenvalue weighted by Crippen LogP contribution is -2.36. The van der Waals surface area contributed by atoms with Crippen molar-refractivity contribution in [3.05, 3.63) is 28.2 Å². The fraction of sp³-hybridized carbons (Fsp3) is 0.571. The molecule has 1 aromatic heterocycles. The topological polar surface area (TPSA) is 79.2 Å². The molecule has 0 aliphatic heterocycles. The molecule has 2 aliphatic rings. The lowest BCUT2D eigenvalue weighted by atomic mass is 9.82. The fourth-order valence-corrected chi connectivity index (χ4v) is 4.95. The number of nitrogens with zero attached hydrogens (tertiary/aromatic N) is 1.